The molecule has 0 fully saturated rings. The van der Waals surface area contributed by atoms with E-state index >= 15 is 0 Å². The van der Waals surface area contributed by atoms with Crippen LogP contribution in [0.25, 0.3) is 21.9 Å². The quantitative estimate of drug-likeness (QED) is 0.354. The fourth-order valence-electron chi connectivity index (χ4n) is 3.37. The van der Waals surface area contributed by atoms with Gasteiger partial charge in [0, 0.05) is 10.4 Å². The van der Waals surface area contributed by atoms with Crippen molar-refractivity contribution in [3.05, 3.63) is 70.0 Å². The molecule has 0 aliphatic heterocycles. The monoisotopic (exact) mass is 485 g/mol. The number of benzene rings is 2. The van der Waals surface area contributed by atoms with E-state index in [0.717, 1.165) is 22.0 Å². The maximum atomic E-state index is 9.17. The van der Waals surface area contributed by atoms with Gasteiger partial charge in [-0.1, -0.05) is 23.2 Å². The molecule has 5 aromatic rings. The molecule has 0 unspecified atom stereocenters. The summed E-state index contributed by atoms with van der Waals surface area (Å²) in [6.45, 7) is 0.433. The molecule has 0 saturated heterocycles. The number of halogens is 3. The molecule has 0 aliphatic rings. The van der Waals surface area contributed by atoms with E-state index in [9.17, 15) is 5.26 Å². The van der Waals surface area contributed by atoms with Gasteiger partial charge in [-0.2, -0.15) is 15.5 Å². The molecule has 0 spiro atoms. The number of H-pyrrole nitrogens is 1. The number of nitrogens with zero attached hydrogens (tertiary/aromatic N) is 5. The van der Waals surface area contributed by atoms with Gasteiger partial charge in [0.05, 0.1) is 46.0 Å². The topological polar surface area (TPSA) is 118 Å². The van der Waals surface area contributed by atoms with Crippen LogP contribution in [0.4, 0.5) is 5.82 Å². The molecule has 32 heavy (non-hydrogen) atoms. The Balaban J connectivity index is 0.00000245. The van der Waals surface area contributed by atoms with Crippen LogP contribution in [0.5, 0.6) is 11.5 Å². The van der Waals surface area contributed by atoms with Crippen molar-refractivity contribution < 1.29 is 4.74 Å². The van der Waals surface area contributed by atoms with Crippen LogP contribution in [-0.2, 0) is 6.54 Å². The van der Waals surface area contributed by atoms with E-state index in [0.29, 0.717) is 45.1 Å². The molecule has 0 aliphatic carbocycles. The van der Waals surface area contributed by atoms with Gasteiger partial charge >= 0.3 is 0 Å². The average Bonchev–Trinajstić information content (AvgIpc) is 3.34. The molecular formula is C21H14Cl3N7O. The number of hydrogen-bond acceptors (Lipinski definition) is 6. The number of pyridine rings is 1. The fraction of sp³-hybridized carbons (Fsp3) is 0.0476. The smallest absolute Gasteiger partial charge is 0.183 e. The Bertz CT molecular complexity index is 1500. The summed E-state index contributed by atoms with van der Waals surface area (Å²) in [5.41, 5.74) is 8.33. The zero-order valence-corrected chi connectivity index (χ0v) is 18.5. The highest BCUT2D eigenvalue weighted by molar-refractivity contribution is 6.33. The van der Waals surface area contributed by atoms with E-state index in [2.05, 4.69) is 26.3 Å². The molecule has 3 aromatic heterocycles. The van der Waals surface area contributed by atoms with Crippen LogP contribution >= 0.6 is 35.6 Å². The summed E-state index contributed by atoms with van der Waals surface area (Å²) in [5, 5.41) is 23.3. The molecular weight excluding hydrogens is 473 g/mol. The lowest BCUT2D eigenvalue weighted by atomic mass is 10.2. The molecule has 0 amide bonds. The van der Waals surface area contributed by atoms with Gasteiger partial charge in [-0.15, -0.1) is 12.4 Å². The van der Waals surface area contributed by atoms with Gasteiger partial charge in [0.2, 0.25) is 0 Å². The van der Waals surface area contributed by atoms with E-state index in [-0.39, 0.29) is 12.4 Å². The van der Waals surface area contributed by atoms with Crippen LogP contribution in [0.3, 0.4) is 0 Å². The van der Waals surface area contributed by atoms with E-state index in [1.165, 1.54) is 0 Å². The van der Waals surface area contributed by atoms with Gasteiger partial charge in [0.1, 0.15) is 11.6 Å². The predicted octanol–water partition coefficient (Wildman–Crippen LogP) is 5.33. The standard InChI is InChI=1S/C21H13Cl2N7O.ClH/c22-12-5-11(8-24)6-13(7-12)31-20-15-9-26-30(18(15)3-2-16(20)23)10-17-14-1-4-19(25)27-21(14)29-28-17;/h1-7,9H,10H2,(H3,25,27,28,29);1H. The van der Waals surface area contributed by atoms with Crippen LogP contribution in [0, 0.1) is 11.3 Å². The SMILES string of the molecule is Cl.N#Cc1cc(Cl)cc(Oc2c(Cl)ccc3c2cnn3Cc2[nH]nc3nc(N)ccc23)c1. The minimum Gasteiger partial charge on any atom is -0.455 e. The minimum absolute atomic E-state index is 0. The summed E-state index contributed by atoms with van der Waals surface area (Å²) < 4.78 is 7.82. The number of nitrogen functional groups attached to an aromatic ring is 1. The van der Waals surface area contributed by atoms with Crippen LogP contribution in [0.1, 0.15) is 11.3 Å². The number of nitrogens with one attached hydrogen (secondary N) is 1. The highest BCUT2D eigenvalue weighted by atomic mass is 35.5. The van der Waals surface area contributed by atoms with Crippen molar-refractivity contribution in [3.8, 4) is 17.6 Å². The minimum atomic E-state index is 0. The molecule has 3 heterocycles. The number of aromatic amines is 1. The van der Waals surface area contributed by atoms with Gasteiger partial charge in [-0.25, -0.2) is 4.98 Å². The fourth-order valence-corrected chi connectivity index (χ4v) is 3.80. The molecule has 160 valence electrons. The third-order valence-electron chi connectivity index (χ3n) is 4.78. The number of nitrogens with two attached hydrogens (primary N) is 1. The van der Waals surface area contributed by atoms with Gasteiger partial charge < -0.3 is 10.5 Å². The maximum Gasteiger partial charge on any atom is 0.183 e. The van der Waals surface area contributed by atoms with E-state index in [1.807, 2.05) is 12.1 Å². The number of hydrogen-bond donors (Lipinski definition) is 2. The molecule has 2 aromatic carbocycles. The van der Waals surface area contributed by atoms with Crippen molar-refractivity contribution in [2.45, 2.75) is 6.54 Å². The van der Waals surface area contributed by atoms with Crippen molar-refractivity contribution in [1.29, 1.82) is 5.26 Å². The Hall–Kier alpha value is -3.51. The Morgan fingerprint density at radius 2 is 1.97 bits per heavy atom. The Morgan fingerprint density at radius 1 is 1.12 bits per heavy atom. The molecule has 11 heteroatoms. The van der Waals surface area contributed by atoms with Crippen LogP contribution in [-0.4, -0.2) is 25.0 Å². The normalized spacial score (nSPS) is 10.8. The number of fused-ring (bicyclic) bond motifs is 2. The largest absolute Gasteiger partial charge is 0.455 e. The van der Waals surface area contributed by atoms with E-state index in [1.54, 1.807) is 41.2 Å². The highest BCUT2D eigenvalue weighted by Gasteiger charge is 2.16. The van der Waals surface area contributed by atoms with Gasteiger partial charge in [-0.05, 0) is 42.5 Å². The molecule has 0 saturated carbocycles. The molecule has 3 N–H and O–H groups in total. The highest BCUT2D eigenvalue weighted by Crippen LogP contribution is 2.37. The maximum absolute atomic E-state index is 9.17. The van der Waals surface area contributed by atoms with Gasteiger partial charge in [0.15, 0.2) is 11.4 Å². The molecule has 5 rings (SSSR count). The first-order chi connectivity index (χ1) is 15.0. The van der Waals surface area contributed by atoms with Crippen LogP contribution in [0.15, 0.2) is 48.7 Å². The lowest BCUT2D eigenvalue weighted by Crippen LogP contribution is -2.02. The van der Waals surface area contributed by atoms with Crippen molar-refractivity contribution >= 4 is 63.4 Å². The third kappa shape index (κ3) is 3.89. The van der Waals surface area contributed by atoms with Crippen molar-refractivity contribution in [2.75, 3.05) is 5.73 Å². The Kier molecular flexibility index (Phi) is 5.80. The predicted molar refractivity (Wildman–Crippen MR) is 126 cm³/mol. The summed E-state index contributed by atoms with van der Waals surface area (Å²) in [4.78, 5) is 4.22. The second-order valence-corrected chi connectivity index (χ2v) is 7.65. The zero-order chi connectivity index (χ0) is 21.5. The first-order valence-corrected chi connectivity index (χ1v) is 9.89. The van der Waals surface area contributed by atoms with Gasteiger partial charge in [-0.3, -0.25) is 9.78 Å². The molecule has 0 radical (unpaired) electrons. The number of anilines is 1. The molecule has 8 nitrogen and oxygen atoms in total. The number of aromatic nitrogens is 5. The van der Waals surface area contributed by atoms with Gasteiger partial charge in [0.25, 0.3) is 0 Å². The molecule has 0 bridgehead atoms. The first-order valence-electron chi connectivity index (χ1n) is 9.14. The Labute approximate surface area is 197 Å². The lowest BCUT2D eigenvalue weighted by molar-refractivity contribution is 0.488. The summed E-state index contributed by atoms with van der Waals surface area (Å²) >= 11 is 12.5. The summed E-state index contributed by atoms with van der Waals surface area (Å²) in [7, 11) is 0. The Morgan fingerprint density at radius 3 is 2.78 bits per heavy atom. The van der Waals surface area contributed by atoms with Crippen molar-refractivity contribution in [3.63, 3.8) is 0 Å². The zero-order valence-electron chi connectivity index (χ0n) is 16.2. The number of rotatable bonds is 4. The summed E-state index contributed by atoms with van der Waals surface area (Å²) in [5.74, 6) is 1.25. The first kappa shape index (κ1) is 21.7. The lowest BCUT2D eigenvalue weighted by Gasteiger charge is -2.10. The summed E-state index contributed by atoms with van der Waals surface area (Å²) in [6.07, 6.45) is 1.68. The van der Waals surface area contributed by atoms with Crippen molar-refractivity contribution in [1.82, 2.24) is 25.0 Å². The molecule has 0 atom stereocenters. The summed E-state index contributed by atoms with van der Waals surface area (Å²) in [6, 6.07) is 14.0. The third-order valence-corrected chi connectivity index (χ3v) is 5.29. The van der Waals surface area contributed by atoms with Crippen LogP contribution < -0.4 is 10.5 Å². The second kappa shape index (κ2) is 8.55. The number of nitriles is 1. The van der Waals surface area contributed by atoms with E-state index in [4.69, 9.17) is 33.7 Å². The van der Waals surface area contributed by atoms with E-state index < -0.39 is 0 Å². The van der Waals surface area contributed by atoms with Crippen molar-refractivity contribution in [2.24, 2.45) is 0 Å². The number of ether oxygens (including phenoxy) is 1. The average molecular weight is 487 g/mol. The second-order valence-electron chi connectivity index (χ2n) is 6.81. The van der Waals surface area contributed by atoms with Crippen LogP contribution in [0.2, 0.25) is 10.0 Å².